The van der Waals surface area contributed by atoms with Gasteiger partial charge in [-0.15, -0.1) is 11.3 Å². The topological polar surface area (TPSA) is 12.9 Å². The predicted octanol–water partition coefficient (Wildman–Crippen LogP) is 3.92. The van der Waals surface area contributed by atoms with Gasteiger partial charge < -0.3 is 0 Å². The summed E-state index contributed by atoms with van der Waals surface area (Å²) in [7, 11) is 0. The highest BCUT2D eigenvalue weighted by atomic mass is 32.1. The van der Waals surface area contributed by atoms with Crippen LogP contribution in [0.1, 0.15) is 11.9 Å². The number of thiazole rings is 1. The minimum Gasteiger partial charge on any atom is -0.233 e. The van der Waals surface area contributed by atoms with E-state index in [-0.39, 0.29) is 5.01 Å². The Hall–Kier alpha value is -1.29. The fourth-order valence-electron chi connectivity index (χ4n) is 1.11. The number of hydrogen-bond acceptors (Lipinski definition) is 2. The zero-order chi connectivity index (χ0) is 10.1. The van der Waals surface area contributed by atoms with E-state index in [2.05, 4.69) is 4.98 Å². The number of aromatic nitrogens is 1. The molecular weight excluding hydrogens is 204 g/mol. The summed E-state index contributed by atoms with van der Waals surface area (Å²) in [6, 6.07) is 7.26. The van der Waals surface area contributed by atoms with E-state index in [4.69, 9.17) is 0 Å². The molecule has 0 N–H and O–H groups in total. The molecule has 14 heavy (non-hydrogen) atoms. The third kappa shape index (κ3) is 1.53. The molecule has 0 unspecified atom stereocenters. The molecule has 0 saturated heterocycles. The van der Waals surface area contributed by atoms with Crippen molar-refractivity contribution in [3.05, 3.63) is 35.1 Å². The molecule has 0 atom stereocenters. The smallest absolute Gasteiger partial charge is 0.190 e. The zero-order valence-electron chi connectivity index (χ0n) is 7.42. The van der Waals surface area contributed by atoms with Crippen molar-refractivity contribution in [2.45, 2.75) is 6.92 Å². The maximum absolute atomic E-state index is 13.1. The first kappa shape index (κ1) is 9.27. The third-order valence-electron chi connectivity index (χ3n) is 1.78. The summed E-state index contributed by atoms with van der Waals surface area (Å²) >= 11 is 1.15. The van der Waals surface area contributed by atoms with Crippen molar-refractivity contribution in [1.29, 1.82) is 0 Å². The molecule has 4 heteroatoms. The Morgan fingerprint density at radius 3 is 2.64 bits per heavy atom. The van der Waals surface area contributed by atoms with Crippen LogP contribution in [0.4, 0.5) is 8.78 Å². The monoisotopic (exact) mass is 211 g/mol. The van der Waals surface area contributed by atoms with Crippen LogP contribution >= 0.6 is 11.3 Å². The minimum atomic E-state index is -0.869. The van der Waals surface area contributed by atoms with Crippen LogP contribution in [0.3, 0.4) is 0 Å². The van der Waals surface area contributed by atoms with Crippen LogP contribution in [0.5, 0.6) is 0 Å². The summed E-state index contributed by atoms with van der Waals surface area (Å²) in [6.07, 6.45) is 0. The van der Waals surface area contributed by atoms with Gasteiger partial charge in [-0.25, -0.2) is 13.8 Å². The number of nitrogens with zero attached hydrogens (tertiary/aromatic N) is 1. The van der Waals surface area contributed by atoms with Crippen molar-refractivity contribution in [1.82, 2.24) is 4.98 Å². The molecule has 0 radical (unpaired) electrons. The van der Waals surface area contributed by atoms with Gasteiger partial charge in [0.05, 0.1) is 10.2 Å². The molecule has 0 aliphatic carbocycles. The average Bonchev–Trinajstić information content (AvgIpc) is 2.59. The Balaban J connectivity index is 2.61. The highest BCUT2D eigenvalue weighted by Gasteiger charge is 2.10. The van der Waals surface area contributed by atoms with E-state index in [9.17, 15) is 8.78 Å². The number of para-hydroxylation sites is 1. The van der Waals surface area contributed by atoms with Crippen LogP contribution in [0.15, 0.2) is 30.1 Å². The van der Waals surface area contributed by atoms with Gasteiger partial charge >= 0.3 is 0 Å². The van der Waals surface area contributed by atoms with E-state index < -0.39 is 11.7 Å². The van der Waals surface area contributed by atoms with Gasteiger partial charge in [-0.05, 0) is 19.1 Å². The largest absolute Gasteiger partial charge is 0.233 e. The second-order valence-electron chi connectivity index (χ2n) is 2.83. The van der Waals surface area contributed by atoms with Gasteiger partial charge in [-0.1, -0.05) is 12.1 Å². The summed E-state index contributed by atoms with van der Waals surface area (Å²) in [5.74, 6) is -1.70. The Morgan fingerprint density at radius 2 is 2.00 bits per heavy atom. The molecule has 0 fully saturated rings. The molecule has 0 saturated carbocycles. The van der Waals surface area contributed by atoms with Crippen LogP contribution in [-0.2, 0) is 0 Å². The van der Waals surface area contributed by atoms with Gasteiger partial charge in [0.1, 0.15) is 5.83 Å². The van der Waals surface area contributed by atoms with E-state index in [1.54, 1.807) is 6.07 Å². The van der Waals surface area contributed by atoms with Gasteiger partial charge in [0.15, 0.2) is 10.8 Å². The molecule has 1 heterocycles. The Kier molecular flexibility index (Phi) is 2.29. The van der Waals surface area contributed by atoms with Crippen LogP contribution < -0.4 is 0 Å². The number of allylic oxidation sites excluding steroid dienone is 1. The van der Waals surface area contributed by atoms with E-state index >= 15 is 0 Å². The fourth-order valence-corrected chi connectivity index (χ4v) is 2.06. The Labute approximate surface area is 83.7 Å². The lowest BCUT2D eigenvalue weighted by Crippen LogP contribution is -1.76. The third-order valence-corrected chi connectivity index (χ3v) is 2.81. The standard InChI is InChI=1S/C10H7F2NS/c1-6(11)9(12)10-13-7-4-2-3-5-8(7)14-10/h2-5H,1H3/b9-6-. The van der Waals surface area contributed by atoms with Crippen LogP contribution in [0.2, 0.25) is 0 Å². The minimum absolute atomic E-state index is 0.103. The van der Waals surface area contributed by atoms with Gasteiger partial charge in [0.2, 0.25) is 0 Å². The lowest BCUT2D eigenvalue weighted by Gasteiger charge is -1.88. The predicted molar refractivity (Wildman–Crippen MR) is 54.4 cm³/mol. The molecule has 0 aliphatic rings. The molecule has 1 aromatic heterocycles. The van der Waals surface area contributed by atoms with E-state index in [1.165, 1.54) is 0 Å². The van der Waals surface area contributed by atoms with Gasteiger partial charge in [0.25, 0.3) is 0 Å². The van der Waals surface area contributed by atoms with Crippen molar-refractivity contribution in [3.8, 4) is 0 Å². The van der Waals surface area contributed by atoms with Crippen molar-refractivity contribution in [2.75, 3.05) is 0 Å². The van der Waals surface area contributed by atoms with Gasteiger partial charge in [0, 0.05) is 0 Å². The lowest BCUT2D eigenvalue weighted by atomic mass is 10.3. The van der Waals surface area contributed by atoms with Crippen LogP contribution in [0, 0.1) is 0 Å². The average molecular weight is 211 g/mol. The Bertz CT molecular complexity index is 465. The quantitative estimate of drug-likeness (QED) is 0.696. The summed E-state index contributed by atoms with van der Waals surface area (Å²) in [5, 5.41) is 0.103. The van der Waals surface area contributed by atoms with Crippen molar-refractivity contribution in [2.24, 2.45) is 0 Å². The van der Waals surface area contributed by atoms with Crippen molar-refractivity contribution in [3.63, 3.8) is 0 Å². The molecule has 72 valence electrons. The summed E-state index contributed by atoms with van der Waals surface area (Å²) in [6.45, 7) is 1.08. The second-order valence-corrected chi connectivity index (χ2v) is 3.86. The van der Waals surface area contributed by atoms with Crippen molar-refractivity contribution >= 4 is 27.4 Å². The maximum Gasteiger partial charge on any atom is 0.190 e. The first-order chi connectivity index (χ1) is 6.68. The first-order valence-electron chi connectivity index (χ1n) is 4.06. The summed E-state index contributed by atoms with van der Waals surface area (Å²) in [4.78, 5) is 3.98. The number of hydrogen-bond donors (Lipinski definition) is 0. The van der Waals surface area contributed by atoms with E-state index in [0.717, 1.165) is 23.0 Å². The second kappa shape index (κ2) is 3.46. The maximum atomic E-state index is 13.1. The Morgan fingerprint density at radius 1 is 1.29 bits per heavy atom. The molecule has 2 aromatic rings. The normalized spacial score (nSPS) is 13.1. The number of benzene rings is 1. The molecule has 2 rings (SSSR count). The summed E-state index contributed by atoms with van der Waals surface area (Å²) < 4.78 is 26.6. The highest BCUT2D eigenvalue weighted by molar-refractivity contribution is 7.19. The fraction of sp³-hybridized carbons (Fsp3) is 0.100. The number of halogens is 2. The molecule has 0 aliphatic heterocycles. The number of fused-ring (bicyclic) bond motifs is 1. The molecule has 1 nitrogen and oxygen atoms in total. The molecule has 0 spiro atoms. The van der Waals surface area contributed by atoms with E-state index in [1.807, 2.05) is 18.2 Å². The SMILES string of the molecule is C/C(F)=C(/F)c1nc2ccccc2s1. The molecule has 0 amide bonds. The molecule has 0 bridgehead atoms. The molecule has 1 aromatic carbocycles. The van der Waals surface area contributed by atoms with Crippen LogP contribution in [0.25, 0.3) is 16.0 Å². The van der Waals surface area contributed by atoms with Gasteiger partial charge in [-0.2, -0.15) is 0 Å². The molecular formula is C10H7F2NS. The van der Waals surface area contributed by atoms with Crippen LogP contribution in [-0.4, -0.2) is 4.98 Å². The highest BCUT2D eigenvalue weighted by Crippen LogP contribution is 2.29. The summed E-state index contributed by atoms with van der Waals surface area (Å²) in [5.41, 5.74) is 0.698. The van der Waals surface area contributed by atoms with Crippen molar-refractivity contribution < 1.29 is 8.78 Å². The first-order valence-corrected chi connectivity index (χ1v) is 4.88. The zero-order valence-corrected chi connectivity index (χ0v) is 8.24. The van der Waals surface area contributed by atoms with E-state index in [0.29, 0.717) is 5.52 Å². The number of rotatable bonds is 1. The lowest BCUT2D eigenvalue weighted by molar-refractivity contribution is 0.606. The van der Waals surface area contributed by atoms with Gasteiger partial charge in [-0.3, -0.25) is 0 Å².